The first-order chi connectivity index (χ1) is 9.63. The summed E-state index contributed by atoms with van der Waals surface area (Å²) in [4.78, 5) is 6.66. The van der Waals surface area contributed by atoms with Crippen LogP contribution in [0.5, 0.6) is 0 Å². The van der Waals surface area contributed by atoms with Gasteiger partial charge in [-0.15, -0.1) is 0 Å². The average molecular weight is 290 g/mol. The molecule has 0 saturated heterocycles. The van der Waals surface area contributed by atoms with Gasteiger partial charge in [-0.25, -0.2) is 0 Å². The van der Waals surface area contributed by atoms with Gasteiger partial charge in [0.25, 0.3) is 0 Å². The molecule has 4 heteroatoms. The summed E-state index contributed by atoms with van der Waals surface area (Å²) in [6.45, 7) is 2.69. The van der Waals surface area contributed by atoms with Crippen molar-refractivity contribution < 1.29 is 0 Å². The molecule has 0 saturated carbocycles. The third kappa shape index (κ3) is 3.37. The van der Waals surface area contributed by atoms with E-state index < -0.39 is 0 Å². The number of benzene rings is 1. The van der Waals surface area contributed by atoms with Gasteiger partial charge in [0.05, 0.1) is 11.7 Å². The summed E-state index contributed by atoms with van der Waals surface area (Å²) in [5.41, 5.74) is 8.16. The second-order valence-electron chi connectivity index (χ2n) is 4.90. The van der Waals surface area contributed by atoms with Gasteiger partial charge in [0, 0.05) is 23.8 Å². The van der Waals surface area contributed by atoms with E-state index in [-0.39, 0.29) is 12.1 Å². The van der Waals surface area contributed by atoms with E-state index in [1.165, 1.54) is 5.56 Å². The lowest BCUT2D eigenvalue weighted by Gasteiger charge is -2.32. The largest absolute Gasteiger partial charge is 0.329 e. The van der Waals surface area contributed by atoms with E-state index in [1.54, 1.807) is 6.20 Å². The Kier molecular flexibility index (Phi) is 5.12. The van der Waals surface area contributed by atoms with Crippen LogP contribution in [0.2, 0.25) is 5.02 Å². The summed E-state index contributed by atoms with van der Waals surface area (Å²) >= 11 is 5.94. The monoisotopic (exact) mass is 289 g/mol. The Bertz CT molecular complexity index is 527. The van der Waals surface area contributed by atoms with E-state index in [1.807, 2.05) is 30.3 Å². The Morgan fingerprint density at radius 1 is 1.20 bits per heavy atom. The van der Waals surface area contributed by atoms with Gasteiger partial charge in [0.15, 0.2) is 0 Å². The van der Waals surface area contributed by atoms with E-state index in [4.69, 9.17) is 17.3 Å². The number of aromatic nitrogens is 1. The fraction of sp³-hybridized carbons (Fsp3) is 0.312. The summed E-state index contributed by atoms with van der Waals surface area (Å²) in [6, 6.07) is 14.2. The van der Waals surface area contributed by atoms with Crippen molar-refractivity contribution in [2.24, 2.45) is 5.73 Å². The highest BCUT2D eigenvalue weighted by molar-refractivity contribution is 6.30. The number of likely N-dealkylation sites (N-methyl/N-ethyl adjacent to an activating group) is 1. The van der Waals surface area contributed by atoms with Crippen LogP contribution in [-0.2, 0) is 0 Å². The van der Waals surface area contributed by atoms with Crippen LogP contribution in [0, 0.1) is 0 Å². The molecule has 0 radical (unpaired) electrons. The van der Waals surface area contributed by atoms with Crippen molar-refractivity contribution in [2.75, 3.05) is 13.6 Å². The van der Waals surface area contributed by atoms with Crippen molar-refractivity contribution in [3.63, 3.8) is 0 Å². The highest BCUT2D eigenvalue weighted by Crippen LogP contribution is 2.27. The van der Waals surface area contributed by atoms with Crippen molar-refractivity contribution in [3.8, 4) is 0 Å². The summed E-state index contributed by atoms with van der Waals surface area (Å²) in [7, 11) is 2.07. The number of halogens is 1. The van der Waals surface area contributed by atoms with Crippen molar-refractivity contribution in [2.45, 2.75) is 19.0 Å². The summed E-state index contributed by atoms with van der Waals surface area (Å²) in [5, 5.41) is 0.753. The van der Waals surface area contributed by atoms with Gasteiger partial charge < -0.3 is 5.73 Å². The Labute approximate surface area is 125 Å². The molecule has 106 valence electrons. The van der Waals surface area contributed by atoms with Crippen LogP contribution in [0.15, 0.2) is 48.7 Å². The molecule has 2 rings (SSSR count). The highest BCUT2D eigenvalue weighted by atomic mass is 35.5. The molecule has 0 aliphatic rings. The smallest absolute Gasteiger partial charge is 0.0646 e. The fourth-order valence-electron chi connectivity index (χ4n) is 2.32. The van der Waals surface area contributed by atoms with Crippen molar-refractivity contribution in [1.29, 1.82) is 0 Å². The third-order valence-electron chi connectivity index (χ3n) is 3.71. The molecule has 0 spiro atoms. The van der Waals surface area contributed by atoms with E-state index in [0.717, 1.165) is 10.7 Å². The maximum Gasteiger partial charge on any atom is 0.0646 e. The van der Waals surface area contributed by atoms with E-state index in [9.17, 15) is 0 Å². The molecular weight excluding hydrogens is 270 g/mol. The lowest BCUT2D eigenvalue weighted by molar-refractivity contribution is 0.187. The summed E-state index contributed by atoms with van der Waals surface area (Å²) < 4.78 is 0. The first-order valence-corrected chi connectivity index (χ1v) is 7.09. The molecule has 1 aromatic carbocycles. The minimum Gasteiger partial charge on any atom is -0.329 e. The molecule has 0 aliphatic carbocycles. The molecule has 3 nitrogen and oxygen atoms in total. The Morgan fingerprint density at radius 2 is 1.90 bits per heavy atom. The lowest BCUT2D eigenvalue weighted by atomic mass is 10.0. The molecule has 2 atom stereocenters. The second-order valence-corrected chi connectivity index (χ2v) is 5.34. The van der Waals surface area contributed by atoms with Crippen LogP contribution in [0.4, 0.5) is 0 Å². The number of hydrogen-bond acceptors (Lipinski definition) is 3. The molecule has 2 N–H and O–H groups in total. The lowest BCUT2D eigenvalue weighted by Crippen LogP contribution is -2.33. The number of nitrogens with two attached hydrogens (primary N) is 1. The number of nitrogens with zero attached hydrogens (tertiary/aromatic N) is 2. The minimum absolute atomic E-state index is 0.0990. The van der Waals surface area contributed by atoms with Gasteiger partial charge in [-0.2, -0.15) is 0 Å². The zero-order valence-electron chi connectivity index (χ0n) is 11.8. The van der Waals surface area contributed by atoms with Crippen LogP contribution in [-0.4, -0.2) is 23.5 Å². The van der Waals surface area contributed by atoms with E-state index in [0.29, 0.717) is 6.54 Å². The maximum atomic E-state index is 5.94. The Hall–Kier alpha value is -1.42. The van der Waals surface area contributed by atoms with Crippen molar-refractivity contribution in [3.05, 3.63) is 64.9 Å². The Morgan fingerprint density at radius 3 is 2.45 bits per heavy atom. The van der Waals surface area contributed by atoms with Crippen LogP contribution < -0.4 is 5.73 Å². The zero-order valence-corrected chi connectivity index (χ0v) is 12.6. The predicted octanol–water partition coefficient (Wildman–Crippen LogP) is 3.43. The maximum absolute atomic E-state index is 5.94. The number of pyridine rings is 1. The van der Waals surface area contributed by atoms with Gasteiger partial charge >= 0.3 is 0 Å². The average Bonchev–Trinajstić information content (AvgIpc) is 2.49. The quantitative estimate of drug-likeness (QED) is 0.917. The molecule has 1 aromatic heterocycles. The highest BCUT2D eigenvalue weighted by Gasteiger charge is 2.22. The van der Waals surface area contributed by atoms with Crippen LogP contribution >= 0.6 is 11.6 Å². The SMILES string of the molecule is CC(c1ccc(Cl)cc1)N(C)C(CN)c1ccccn1. The Balaban J connectivity index is 2.20. The van der Waals surface area contributed by atoms with Crippen LogP contribution in [0.1, 0.15) is 30.3 Å². The van der Waals surface area contributed by atoms with Gasteiger partial charge in [-0.05, 0) is 43.8 Å². The zero-order chi connectivity index (χ0) is 14.5. The molecule has 1 heterocycles. The van der Waals surface area contributed by atoms with Gasteiger partial charge in [-0.1, -0.05) is 29.8 Å². The topological polar surface area (TPSA) is 42.1 Å². The third-order valence-corrected chi connectivity index (χ3v) is 3.96. The molecule has 0 amide bonds. The summed E-state index contributed by atoms with van der Waals surface area (Å²) in [5.74, 6) is 0. The number of hydrogen-bond donors (Lipinski definition) is 1. The van der Waals surface area contributed by atoms with Gasteiger partial charge in [0.1, 0.15) is 0 Å². The molecule has 0 bridgehead atoms. The van der Waals surface area contributed by atoms with Crippen molar-refractivity contribution in [1.82, 2.24) is 9.88 Å². The minimum atomic E-state index is 0.0990. The molecular formula is C16H20ClN3. The molecule has 0 aliphatic heterocycles. The van der Waals surface area contributed by atoms with Gasteiger partial charge in [-0.3, -0.25) is 9.88 Å². The first-order valence-electron chi connectivity index (χ1n) is 6.72. The normalized spacial score (nSPS) is 14.2. The van der Waals surface area contributed by atoms with Crippen LogP contribution in [0.3, 0.4) is 0 Å². The molecule has 20 heavy (non-hydrogen) atoms. The molecule has 0 fully saturated rings. The standard InChI is InChI=1S/C16H20ClN3/c1-12(13-6-8-14(17)9-7-13)20(2)16(11-18)15-5-3-4-10-19-15/h3-10,12,16H,11,18H2,1-2H3. The first kappa shape index (κ1) is 15.0. The molecule has 2 aromatic rings. The van der Waals surface area contributed by atoms with E-state index >= 15 is 0 Å². The van der Waals surface area contributed by atoms with Gasteiger partial charge in [0.2, 0.25) is 0 Å². The fourth-order valence-corrected chi connectivity index (χ4v) is 2.44. The van der Waals surface area contributed by atoms with Crippen molar-refractivity contribution >= 4 is 11.6 Å². The second kappa shape index (κ2) is 6.84. The van der Waals surface area contributed by atoms with E-state index in [2.05, 4.69) is 36.0 Å². The summed E-state index contributed by atoms with van der Waals surface area (Å²) in [6.07, 6.45) is 1.80. The predicted molar refractivity (Wildman–Crippen MR) is 83.7 cm³/mol. The molecule has 2 unspecified atom stereocenters. The number of rotatable bonds is 5. The van der Waals surface area contributed by atoms with Crippen LogP contribution in [0.25, 0.3) is 0 Å².